The number of guanidine groups is 1. The van der Waals surface area contributed by atoms with Crippen molar-refractivity contribution in [1.82, 2.24) is 20.9 Å². The molecule has 36 heavy (non-hydrogen) atoms. The van der Waals surface area contributed by atoms with Crippen LogP contribution in [0, 0.1) is 5.41 Å². The number of anilines is 1. The van der Waals surface area contributed by atoms with E-state index in [-0.39, 0.29) is 31.9 Å². The third kappa shape index (κ3) is 7.56. The van der Waals surface area contributed by atoms with Crippen LogP contribution in [0.4, 0.5) is 5.69 Å². The van der Waals surface area contributed by atoms with Gasteiger partial charge < -0.3 is 31.5 Å². The zero-order valence-corrected chi connectivity index (χ0v) is 21.9. The molecule has 0 spiro atoms. The number of phenols is 1. The summed E-state index contributed by atoms with van der Waals surface area (Å²) in [6.07, 6.45) is 0.968. The Morgan fingerprint density at radius 3 is 2.64 bits per heavy atom. The van der Waals surface area contributed by atoms with E-state index in [4.69, 9.17) is 11.6 Å². The van der Waals surface area contributed by atoms with Crippen LogP contribution in [0.1, 0.15) is 42.4 Å². The minimum Gasteiger partial charge on any atom is -0.506 e. The van der Waals surface area contributed by atoms with Crippen LogP contribution in [0.3, 0.4) is 0 Å². The summed E-state index contributed by atoms with van der Waals surface area (Å²) >= 11 is 9.14. The monoisotopic (exact) mass is 580 g/mol. The van der Waals surface area contributed by atoms with Gasteiger partial charge in [0.05, 0.1) is 35.4 Å². The number of carbonyl (C=O) groups is 3. The van der Waals surface area contributed by atoms with E-state index in [9.17, 15) is 24.6 Å². The van der Waals surface area contributed by atoms with Gasteiger partial charge >= 0.3 is 5.97 Å². The van der Waals surface area contributed by atoms with Crippen molar-refractivity contribution in [3.8, 4) is 5.75 Å². The second kappa shape index (κ2) is 11.6. The van der Waals surface area contributed by atoms with E-state index in [1.807, 2.05) is 0 Å². The van der Waals surface area contributed by atoms with Crippen LogP contribution < -0.4 is 21.3 Å². The van der Waals surface area contributed by atoms with Gasteiger partial charge in [-0.25, -0.2) is 4.98 Å². The van der Waals surface area contributed by atoms with Crippen LogP contribution in [0.25, 0.3) is 0 Å². The molecule has 2 amide bonds. The minimum atomic E-state index is -1.20. The van der Waals surface area contributed by atoms with Gasteiger partial charge in [-0.15, -0.1) is 0 Å². The highest BCUT2D eigenvalue weighted by molar-refractivity contribution is 9.10. The number of amides is 2. The van der Waals surface area contributed by atoms with Gasteiger partial charge in [0.1, 0.15) is 11.4 Å². The van der Waals surface area contributed by atoms with Crippen molar-refractivity contribution in [1.29, 1.82) is 0 Å². The Labute approximate surface area is 220 Å². The van der Waals surface area contributed by atoms with E-state index in [1.54, 1.807) is 6.07 Å². The summed E-state index contributed by atoms with van der Waals surface area (Å²) in [6, 6.07) is 4.88. The van der Waals surface area contributed by atoms with Gasteiger partial charge in [-0.05, 0) is 40.2 Å². The van der Waals surface area contributed by atoms with Gasteiger partial charge in [-0.2, -0.15) is 0 Å². The molecular formula is C23H26BrClN6O5. The van der Waals surface area contributed by atoms with Crippen LogP contribution in [0.15, 0.2) is 39.9 Å². The first-order valence-corrected chi connectivity index (χ1v) is 12.1. The van der Waals surface area contributed by atoms with Crippen molar-refractivity contribution in [2.45, 2.75) is 26.3 Å². The number of rotatable bonds is 8. The number of hydrogen-bond acceptors (Lipinski definition) is 8. The largest absolute Gasteiger partial charge is 0.506 e. The van der Waals surface area contributed by atoms with Gasteiger partial charge in [0, 0.05) is 29.1 Å². The molecule has 0 bridgehead atoms. The average molecular weight is 582 g/mol. The van der Waals surface area contributed by atoms with Gasteiger partial charge in [0.25, 0.3) is 5.91 Å². The number of pyridine rings is 1. The molecule has 192 valence electrons. The number of carboxylic acid groups (broad SMARTS) is 1. The molecule has 0 saturated carbocycles. The van der Waals surface area contributed by atoms with E-state index >= 15 is 0 Å². The van der Waals surface area contributed by atoms with Gasteiger partial charge in [0.15, 0.2) is 5.96 Å². The molecule has 2 heterocycles. The molecule has 1 aliphatic heterocycles. The number of nitrogens with zero attached hydrogens (tertiary/aromatic N) is 2. The van der Waals surface area contributed by atoms with Gasteiger partial charge in [-0.3, -0.25) is 19.4 Å². The van der Waals surface area contributed by atoms with E-state index in [2.05, 4.69) is 61.0 Å². The summed E-state index contributed by atoms with van der Waals surface area (Å²) in [5.74, 6) is -2.07. The van der Waals surface area contributed by atoms with Crippen LogP contribution in [0.2, 0.25) is 5.02 Å². The first-order valence-electron chi connectivity index (χ1n) is 10.9. The van der Waals surface area contributed by atoms with Crippen LogP contribution in [0.5, 0.6) is 5.75 Å². The topological polar surface area (TPSA) is 165 Å². The van der Waals surface area contributed by atoms with Crippen molar-refractivity contribution in [3.05, 3.63) is 51.2 Å². The molecule has 1 aromatic carbocycles. The average Bonchev–Trinajstić information content (AvgIpc) is 2.81. The highest BCUT2D eigenvalue weighted by Crippen LogP contribution is 2.36. The lowest BCUT2D eigenvalue weighted by Gasteiger charge is -2.29. The number of halogens is 2. The fraction of sp³-hybridized carbons (Fsp3) is 0.348. The third-order valence-corrected chi connectivity index (χ3v) is 6.04. The molecule has 2 aromatic rings. The molecule has 1 atom stereocenters. The fourth-order valence-electron chi connectivity index (χ4n) is 3.31. The maximum Gasteiger partial charge on any atom is 0.305 e. The number of aromatic nitrogens is 1. The number of nitrogens with one attached hydrogen (secondary N) is 4. The Hall–Kier alpha value is -3.38. The maximum atomic E-state index is 12.5. The Bertz CT molecular complexity index is 1190. The second-order valence-electron chi connectivity index (χ2n) is 8.97. The van der Waals surface area contributed by atoms with Crippen molar-refractivity contribution in [3.63, 3.8) is 0 Å². The Morgan fingerprint density at radius 2 is 2.03 bits per heavy atom. The Kier molecular flexibility index (Phi) is 8.75. The molecule has 13 heteroatoms. The highest BCUT2D eigenvalue weighted by atomic mass is 79.9. The molecule has 6 N–H and O–H groups in total. The van der Waals surface area contributed by atoms with Gasteiger partial charge in [-0.1, -0.05) is 25.4 Å². The van der Waals surface area contributed by atoms with E-state index < -0.39 is 36.8 Å². The molecule has 3 rings (SSSR count). The lowest BCUT2D eigenvalue weighted by atomic mass is 9.93. The highest BCUT2D eigenvalue weighted by Gasteiger charge is 2.24. The number of carbonyl (C=O) groups excluding carboxylic acids is 2. The Morgan fingerprint density at radius 1 is 1.28 bits per heavy atom. The number of benzene rings is 1. The standard InChI is InChI=1S/C23H26BrClN6O5/c1-23(2)10-28-22(29-11-23)30-13-3-4-16(26-8-13)21(36)27-9-18(32)31-17(7-19(33)34)14-5-12(25)6-15(24)20(14)35/h3-6,8,17,35H,7,9-11H2,1-2H3,(H,27,36)(H,31,32)(H,33,34)(H2,28,29,30). The molecule has 1 unspecified atom stereocenters. The maximum absolute atomic E-state index is 12.5. The number of aromatic hydroxyl groups is 1. The summed E-state index contributed by atoms with van der Waals surface area (Å²) in [7, 11) is 0. The minimum absolute atomic E-state index is 0.0800. The lowest BCUT2D eigenvalue weighted by molar-refractivity contribution is -0.137. The molecule has 0 radical (unpaired) electrons. The predicted molar refractivity (Wildman–Crippen MR) is 138 cm³/mol. The first kappa shape index (κ1) is 27.2. The first-order chi connectivity index (χ1) is 16.9. The Balaban J connectivity index is 1.57. The number of aliphatic carboxylic acids is 1. The smallest absolute Gasteiger partial charge is 0.305 e. The number of phenolic OH excluding ortho intramolecular Hbond substituents is 1. The summed E-state index contributed by atoms with van der Waals surface area (Å²) in [5.41, 5.74) is 0.934. The zero-order chi connectivity index (χ0) is 26.5. The molecule has 0 saturated heterocycles. The van der Waals surface area contributed by atoms with E-state index in [0.717, 1.165) is 6.54 Å². The van der Waals surface area contributed by atoms with Gasteiger partial charge in [0.2, 0.25) is 5.91 Å². The molecule has 11 nitrogen and oxygen atoms in total. The summed E-state index contributed by atoms with van der Waals surface area (Å²) in [6.45, 7) is 5.25. The van der Waals surface area contributed by atoms with Crippen molar-refractivity contribution in [2.24, 2.45) is 10.4 Å². The number of aliphatic imine (C=N–C) groups is 1. The second-order valence-corrected chi connectivity index (χ2v) is 10.3. The predicted octanol–water partition coefficient (Wildman–Crippen LogP) is 2.66. The van der Waals surface area contributed by atoms with E-state index in [1.165, 1.54) is 24.4 Å². The van der Waals surface area contributed by atoms with E-state index in [0.29, 0.717) is 18.2 Å². The number of hydrogen-bond donors (Lipinski definition) is 6. The summed E-state index contributed by atoms with van der Waals surface area (Å²) < 4.78 is 0.252. The SMILES string of the molecule is CC1(C)CN=C(Nc2ccc(C(=O)NCC(=O)NC(CC(=O)O)c3cc(Cl)cc(Br)c3O)nc2)NC1. The van der Waals surface area contributed by atoms with Crippen molar-refractivity contribution >= 4 is 57.0 Å². The molecule has 0 aliphatic carbocycles. The van der Waals surface area contributed by atoms with Crippen LogP contribution in [-0.4, -0.2) is 58.6 Å². The van der Waals surface area contributed by atoms with Crippen molar-refractivity contribution < 1.29 is 24.6 Å². The molecule has 0 fully saturated rings. The molecule has 1 aliphatic rings. The quantitative estimate of drug-likeness (QED) is 0.277. The van der Waals surface area contributed by atoms with Crippen LogP contribution >= 0.6 is 27.5 Å². The molecular weight excluding hydrogens is 556 g/mol. The normalized spacial score (nSPS) is 15.2. The van der Waals surface area contributed by atoms with Crippen LogP contribution in [-0.2, 0) is 9.59 Å². The van der Waals surface area contributed by atoms with Crippen molar-refractivity contribution in [2.75, 3.05) is 25.0 Å². The number of carboxylic acids is 1. The third-order valence-electron chi connectivity index (χ3n) is 5.21. The molecule has 1 aromatic heterocycles. The lowest BCUT2D eigenvalue weighted by Crippen LogP contribution is -2.44. The summed E-state index contributed by atoms with van der Waals surface area (Å²) in [5, 5.41) is 31.0. The zero-order valence-electron chi connectivity index (χ0n) is 19.6. The summed E-state index contributed by atoms with van der Waals surface area (Å²) in [4.78, 5) is 44.7. The fourth-order valence-corrected chi connectivity index (χ4v) is 4.15.